The van der Waals surface area contributed by atoms with E-state index in [1.54, 1.807) is 33.8 Å². The van der Waals surface area contributed by atoms with Gasteiger partial charge in [0.2, 0.25) is 0 Å². The molecule has 102 valence electrons. The molecule has 0 saturated heterocycles. The fourth-order valence-corrected chi connectivity index (χ4v) is 1.27. The average Bonchev–Trinajstić information content (AvgIpc) is 2.27. The molecule has 6 heteroatoms. The fourth-order valence-electron chi connectivity index (χ4n) is 1.27. The quantitative estimate of drug-likeness (QED) is 0.795. The summed E-state index contributed by atoms with van der Waals surface area (Å²) in [6, 6.07) is 5.34. The third-order valence-electron chi connectivity index (χ3n) is 3.28. The summed E-state index contributed by atoms with van der Waals surface area (Å²) in [4.78, 5) is 0. The summed E-state index contributed by atoms with van der Waals surface area (Å²) in [5.41, 5.74) is -2.10. The lowest BCUT2D eigenvalue weighted by Crippen LogP contribution is -2.53. The Morgan fingerprint density at radius 2 is 1.89 bits per heavy atom. The molecule has 0 saturated carbocycles. The van der Waals surface area contributed by atoms with Crippen LogP contribution < -0.4 is 5.46 Å². The van der Waals surface area contributed by atoms with Crippen LogP contribution in [0.3, 0.4) is 0 Å². The number of hydrogen-bond donors (Lipinski definition) is 2. The van der Waals surface area contributed by atoms with Crippen molar-refractivity contribution in [1.29, 1.82) is 5.26 Å². The van der Waals surface area contributed by atoms with Gasteiger partial charge in [0.15, 0.2) is 0 Å². The predicted octanol–water partition coefficient (Wildman–Crippen LogP) is 0.951. The summed E-state index contributed by atoms with van der Waals surface area (Å²) in [5, 5.41) is 28.6. The Kier molecular flexibility index (Phi) is 4.36. The standard InChI is InChI=1S/C13H17BFNO3/c1-12(2,17)13(3,4)19-14(18)10-5-6-11(15)9(7-10)8-16/h5-7,17-18H,1-4H3. The van der Waals surface area contributed by atoms with Crippen molar-refractivity contribution >= 4 is 12.6 Å². The van der Waals surface area contributed by atoms with Crippen molar-refractivity contribution in [3.63, 3.8) is 0 Å². The Hall–Kier alpha value is -1.42. The van der Waals surface area contributed by atoms with Crippen LogP contribution in [0, 0.1) is 17.1 Å². The van der Waals surface area contributed by atoms with Crippen LogP contribution in [0.2, 0.25) is 0 Å². The van der Waals surface area contributed by atoms with Crippen LogP contribution in [0.1, 0.15) is 33.3 Å². The molecule has 0 spiro atoms. The lowest BCUT2D eigenvalue weighted by atomic mass is 9.76. The van der Waals surface area contributed by atoms with E-state index in [2.05, 4.69) is 0 Å². The van der Waals surface area contributed by atoms with Crippen LogP contribution in [-0.4, -0.2) is 28.5 Å². The minimum Gasteiger partial charge on any atom is -0.423 e. The van der Waals surface area contributed by atoms with Crippen LogP contribution in [-0.2, 0) is 4.65 Å². The van der Waals surface area contributed by atoms with Gasteiger partial charge in [-0.3, -0.25) is 0 Å². The monoisotopic (exact) mass is 265 g/mol. The number of rotatable bonds is 4. The highest BCUT2D eigenvalue weighted by atomic mass is 19.1. The van der Waals surface area contributed by atoms with Gasteiger partial charge >= 0.3 is 7.12 Å². The molecule has 0 fully saturated rings. The predicted molar refractivity (Wildman–Crippen MR) is 70.2 cm³/mol. The van der Waals surface area contributed by atoms with E-state index in [9.17, 15) is 14.5 Å². The van der Waals surface area contributed by atoms with Crippen LogP contribution in [0.5, 0.6) is 0 Å². The van der Waals surface area contributed by atoms with Gasteiger partial charge in [-0.25, -0.2) is 4.39 Å². The molecule has 0 aliphatic carbocycles. The van der Waals surface area contributed by atoms with Crippen molar-refractivity contribution in [3.8, 4) is 6.07 Å². The van der Waals surface area contributed by atoms with E-state index in [1.807, 2.05) is 0 Å². The number of aliphatic hydroxyl groups is 1. The summed E-state index contributed by atoms with van der Waals surface area (Å²) >= 11 is 0. The molecule has 4 nitrogen and oxygen atoms in total. The van der Waals surface area contributed by atoms with Gasteiger partial charge < -0.3 is 14.8 Å². The van der Waals surface area contributed by atoms with Gasteiger partial charge in [0.25, 0.3) is 0 Å². The fraction of sp³-hybridized carbons (Fsp3) is 0.462. The Labute approximate surface area is 112 Å². The molecule has 1 rings (SSSR count). The van der Waals surface area contributed by atoms with Gasteiger partial charge in [0.05, 0.1) is 16.8 Å². The highest BCUT2D eigenvalue weighted by Gasteiger charge is 2.39. The second-order valence-electron chi connectivity index (χ2n) is 5.39. The second-order valence-corrected chi connectivity index (χ2v) is 5.39. The molecule has 0 atom stereocenters. The molecule has 1 aromatic rings. The zero-order chi connectivity index (χ0) is 14.8. The summed E-state index contributed by atoms with van der Waals surface area (Å²) < 4.78 is 18.6. The van der Waals surface area contributed by atoms with Crippen molar-refractivity contribution in [1.82, 2.24) is 0 Å². The van der Waals surface area contributed by atoms with Crippen molar-refractivity contribution in [3.05, 3.63) is 29.6 Å². The van der Waals surface area contributed by atoms with E-state index in [0.29, 0.717) is 0 Å². The van der Waals surface area contributed by atoms with Crippen LogP contribution in [0.4, 0.5) is 4.39 Å². The summed E-state index contributed by atoms with van der Waals surface area (Å²) in [7, 11) is -1.35. The molecule has 0 radical (unpaired) electrons. The number of halogens is 1. The molecular weight excluding hydrogens is 248 g/mol. The first-order valence-corrected chi connectivity index (χ1v) is 5.86. The average molecular weight is 265 g/mol. The Morgan fingerprint density at radius 3 is 2.37 bits per heavy atom. The number of benzene rings is 1. The van der Waals surface area contributed by atoms with E-state index < -0.39 is 24.1 Å². The second kappa shape index (κ2) is 5.29. The lowest BCUT2D eigenvalue weighted by Gasteiger charge is -2.38. The number of nitrogens with zero attached hydrogens (tertiary/aromatic N) is 1. The smallest absolute Gasteiger partial charge is 0.423 e. The van der Waals surface area contributed by atoms with Gasteiger partial charge in [-0.15, -0.1) is 0 Å². The minimum absolute atomic E-state index is 0.166. The van der Waals surface area contributed by atoms with Crippen molar-refractivity contribution in [2.24, 2.45) is 0 Å². The number of hydrogen-bond acceptors (Lipinski definition) is 4. The molecule has 2 N–H and O–H groups in total. The molecule has 0 aromatic heterocycles. The maximum Gasteiger partial charge on any atom is 0.491 e. The van der Waals surface area contributed by atoms with Gasteiger partial charge in [0, 0.05) is 0 Å². The topological polar surface area (TPSA) is 73.5 Å². The van der Waals surface area contributed by atoms with Gasteiger partial charge in [0.1, 0.15) is 11.9 Å². The number of nitriles is 1. The molecule has 0 bridgehead atoms. The van der Waals surface area contributed by atoms with Gasteiger partial charge in [-0.05, 0) is 45.3 Å². The third kappa shape index (κ3) is 3.54. The Bertz CT molecular complexity index is 506. The lowest BCUT2D eigenvalue weighted by molar-refractivity contribution is -0.0982. The zero-order valence-electron chi connectivity index (χ0n) is 11.4. The highest BCUT2D eigenvalue weighted by Crippen LogP contribution is 2.25. The van der Waals surface area contributed by atoms with E-state index >= 15 is 0 Å². The largest absolute Gasteiger partial charge is 0.491 e. The van der Waals surface area contributed by atoms with Gasteiger partial charge in [-0.2, -0.15) is 5.26 Å². The first-order chi connectivity index (χ1) is 8.58. The minimum atomic E-state index is -1.35. The van der Waals surface area contributed by atoms with Crippen molar-refractivity contribution < 1.29 is 19.2 Å². The summed E-state index contributed by atoms with van der Waals surface area (Å²) in [5.74, 6) is -0.653. The Balaban J connectivity index is 2.97. The highest BCUT2D eigenvalue weighted by molar-refractivity contribution is 6.60. The molecule has 0 heterocycles. The first-order valence-electron chi connectivity index (χ1n) is 5.86. The van der Waals surface area contributed by atoms with E-state index in [-0.39, 0.29) is 11.0 Å². The molecule has 1 aromatic carbocycles. The molecule has 0 aliphatic rings. The van der Waals surface area contributed by atoms with Gasteiger partial charge in [-0.1, -0.05) is 6.07 Å². The SMILES string of the molecule is CC(C)(O)C(C)(C)OB(O)c1ccc(F)c(C#N)c1. The van der Waals surface area contributed by atoms with Crippen LogP contribution >= 0.6 is 0 Å². The zero-order valence-corrected chi connectivity index (χ0v) is 11.4. The first kappa shape index (κ1) is 15.6. The molecule has 0 aliphatic heterocycles. The normalized spacial score (nSPS) is 12.1. The van der Waals surface area contributed by atoms with E-state index in [1.165, 1.54) is 12.1 Å². The van der Waals surface area contributed by atoms with Crippen molar-refractivity contribution in [2.75, 3.05) is 0 Å². The van der Waals surface area contributed by atoms with Crippen LogP contribution in [0.25, 0.3) is 0 Å². The maximum absolute atomic E-state index is 13.2. The third-order valence-corrected chi connectivity index (χ3v) is 3.28. The maximum atomic E-state index is 13.2. The van der Waals surface area contributed by atoms with Crippen LogP contribution in [0.15, 0.2) is 18.2 Å². The Morgan fingerprint density at radius 1 is 1.32 bits per heavy atom. The van der Waals surface area contributed by atoms with Crippen molar-refractivity contribution in [2.45, 2.75) is 38.9 Å². The van der Waals surface area contributed by atoms with E-state index in [0.717, 1.165) is 6.07 Å². The molecule has 19 heavy (non-hydrogen) atoms. The summed E-state index contributed by atoms with van der Waals surface area (Å²) in [6.45, 7) is 6.38. The molecular formula is C13H17BFNO3. The van der Waals surface area contributed by atoms with E-state index in [4.69, 9.17) is 9.92 Å². The summed E-state index contributed by atoms with van der Waals surface area (Å²) in [6.07, 6.45) is 0. The molecule has 0 unspecified atom stereocenters. The molecule has 0 amide bonds.